The molecule has 2 aromatic rings. The van der Waals surface area contributed by atoms with Crippen molar-refractivity contribution < 1.29 is 4.39 Å². The number of para-hydroxylation sites is 1. The van der Waals surface area contributed by atoms with E-state index >= 15 is 0 Å². The lowest BCUT2D eigenvalue weighted by Crippen LogP contribution is -1.90. The zero-order chi connectivity index (χ0) is 10.7. The smallest absolute Gasteiger partial charge is 0.143 e. The summed E-state index contributed by atoms with van der Waals surface area (Å²) < 4.78 is 13.1. The molecule has 0 saturated heterocycles. The van der Waals surface area contributed by atoms with E-state index in [4.69, 9.17) is 11.6 Å². The van der Waals surface area contributed by atoms with E-state index in [1.807, 2.05) is 30.3 Å². The maximum atomic E-state index is 13.1. The molecule has 1 N–H and O–H groups in total. The monoisotopic (exact) mass is 221 g/mol. The molecular weight excluding hydrogens is 213 g/mol. The molecule has 76 valence electrons. The highest BCUT2D eigenvalue weighted by Crippen LogP contribution is 2.21. The minimum absolute atomic E-state index is 0.133. The van der Waals surface area contributed by atoms with E-state index in [-0.39, 0.29) is 5.02 Å². The van der Waals surface area contributed by atoms with E-state index in [0.717, 1.165) is 5.69 Å². The Hall–Kier alpha value is -1.54. The van der Waals surface area contributed by atoms with Crippen LogP contribution in [-0.2, 0) is 0 Å². The second kappa shape index (κ2) is 4.32. The van der Waals surface area contributed by atoms with Crippen LogP contribution in [0.15, 0.2) is 48.5 Å². The quantitative estimate of drug-likeness (QED) is 0.801. The maximum absolute atomic E-state index is 13.1. The van der Waals surface area contributed by atoms with E-state index in [9.17, 15) is 4.39 Å². The Balaban J connectivity index is 2.22. The maximum Gasteiger partial charge on any atom is 0.143 e. The Morgan fingerprint density at radius 2 is 1.67 bits per heavy atom. The van der Waals surface area contributed by atoms with Gasteiger partial charge in [0.05, 0.1) is 5.02 Å². The van der Waals surface area contributed by atoms with Crippen molar-refractivity contribution in [3.8, 4) is 0 Å². The van der Waals surface area contributed by atoms with Crippen LogP contribution < -0.4 is 5.32 Å². The summed E-state index contributed by atoms with van der Waals surface area (Å²) in [5.41, 5.74) is 1.60. The van der Waals surface area contributed by atoms with Crippen LogP contribution >= 0.6 is 11.6 Å². The van der Waals surface area contributed by atoms with Gasteiger partial charge >= 0.3 is 0 Å². The summed E-state index contributed by atoms with van der Waals surface area (Å²) in [7, 11) is 0. The lowest BCUT2D eigenvalue weighted by molar-refractivity contribution is 0.629. The van der Waals surface area contributed by atoms with Gasteiger partial charge in [-0.05, 0) is 30.3 Å². The van der Waals surface area contributed by atoms with Gasteiger partial charge in [0.15, 0.2) is 0 Å². The van der Waals surface area contributed by atoms with Gasteiger partial charge in [0.25, 0.3) is 0 Å². The van der Waals surface area contributed by atoms with Crippen molar-refractivity contribution in [2.75, 3.05) is 5.32 Å². The van der Waals surface area contributed by atoms with Gasteiger partial charge in [-0.1, -0.05) is 29.8 Å². The van der Waals surface area contributed by atoms with Crippen LogP contribution in [0.4, 0.5) is 15.8 Å². The van der Waals surface area contributed by atoms with Crippen LogP contribution in [0.2, 0.25) is 5.02 Å². The Morgan fingerprint density at radius 1 is 0.933 bits per heavy atom. The van der Waals surface area contributed by atoms with Crippen LogP contribution in [0.25, 0.3) is 0 Å². The molecule has 0 bridgehead atoms. The summed E-state index contributed by atoms with van der Waals surface area (Å²) in [6.45, 7) is 0. The highest BCUT2D eigenvalue weighted by atomic mass is 35.5. The summed E-state index contributed by atoms with van der Waals surface area (Å²) in [5.74, 6) is -0.419. The van der Waals surface area contributed by atoms with Gasteiger partial charge in [-0.15, -0.1) is 0 Å². The molecule has 0 atom stereocenters. The lowest BCUT2D eigenvalue weighted by atomic mass is 10.2. The van der Waals surface area contributed by atoms with Crippen molar-refractivity contribution in [3.05, 3.63) is 59.4 Å². The fourth-order valence-electron chi connectivity index (χ4n) is 1.26. The van der Waals surface area contributed by atoms with Crippen molar-refractivity contribution >= 4 is 23.0 Å². The molecule has 0 aliphatic rings. The number of anilines is 2. The standard InChI is InChI=1S/C12H9ClFN/c13-11-7-6-10(8-12(11)14)15-9-4-2-1-3-5-9/h1-8,15H. The molecular formula is C12H9ClFN. The lowest BCUT2D eigenvalue weighted by Gasteiger charge is -2.06. The largest absolute Gasteiger partial charge is 0.355 e. The van der Waals surface area contributed by atoms with Gasteiger partial charge in [0.1, 0.15) is 5.82 Å². The molecule has 0 saturated carbocycles. The topological polar surface area (TPSA) is 12.0 Å². The molecule has 2 aromatic carbocycles. The number of nitrogens with one attached hydrogen (secondary N) is 1. The molecule has 0 aliphatic carbocycles. The molecule has 1 nitrogen and oxygen atoms in total. The van der Waals surface area contributed by atoms with Crippen molar-refractivity contribution in [2.45, 2.75) is 0 Å². The van der Waals surface area contributed by atoms with Gasteiger partial charge < -0.3 is 5.32 Å². The number of benzene rings is 2. The second-order valence-electron chi connectivity index (χ2n) is 3.12. The Kier molecular flexibility index (Phi) is 2.88. The van der Waals surface area contributed by atoms with Gasteiger partial charge in [0, 0.05) is 11.4 Å². The Morgan fingerprint density at radius 3 is 2.33 bits per heavy atom. The second-order valence-corrected chi connectivity index (χ2v) is 3.53. The predicted molar refractivity (Wildman–Crippen MR) is 61.1 cm³/mol. The summed E-state index contributed by atoms with van der Waals surface area (Å²) in [5, 5.41) is 3.21. The van der Waals surface area contributed by atoms with E-state index in [2.05, 4.69) is 5.32 Å². The summed E-state index contributed by atoms with van der Waals surface area (Å²) in [6, 6.07) is 14.2. The zero-order valence-corrected chi connectivity index (χ0v) is 8.63. The van der Waals surface area contributed by atoms with Crippen molar-refractivity contribution in [1.82, 2.24) is 0 Å². The zero-order valence-electron chi connectivity index (χ0n) is 7.87. The van der Waals surface area contributed by atoms with Crippen LogP contribution in [0, 0.1) is 5.82 Å². The normalized spacial score (nSPS) is 10.0. The first-order valence-corrected chi connectivity index (χ1v) is 4.90. The summed E-state index contributed by atoms with van der Waals surface area (Å²) in [6.07, 6.45) is 0. The number of rotatable bonds is 2. The van der Waals surface area contributed by atoms with Gasteiger partial charge in [-0.25, -0.2) is 4.39 Å². The third-order valence-electron chi connectivity index (χ3n) is 1.98. The van der Waals surface area contributed by atoms with E-state index < -0.39 is 5.82 Å². The Labute approximate surface area is 92.5 Å². The van der Waals surface area contributed by atoms with Crippen LogP contribution in [-0.4, -0.2) is 0 Å². The SMILES string of the molecule is Fc1cc(Nc2ccccc2)ccc1Cl. The van der Waals surface area contributed by atoms with Crippen LogP contribution in [0.5, 0.6) is 0 Å². The minimum atomic E-state index is -0.419. The molecule has 0 aliphatic heterocycles. The predicted octanol–water partition coefficient (Wildman–Crippen LogP) is 4.22. The van der Waals surface area contributed by atoms with Gasteiger partial charge in [0.2, 0.25) is 0 Å². The number of halogens is 2. The number of hydrogen-bond donors (Lipinski definition) is 1. The van der Waals surface area contributed by atoms with E-state index in [1.165, 1.54) is 12.1 Å². The average molecular weight is 222 g/mol. The van der Waals surface area contributed by atoms with Crippen molar-refractivity contribution in [2.24, 2.45) is 0 Å². The average Bonchev–Trinajstić information content (AvgIpc) is 2.25. The highest BCUT2D eigenvalue weighted by Gasteiger charge is 2.00. The Bertz CT molecular complexity index is 456. The molecule has 0 fully saturated rings. The van der Waals surface area contributed by atoms with Crippen molar-refractivity contribution in [3.63, 3.8) is 0 Å². The fraction of sp³-hybridized carbons (Fsp3) is 0. The van der Waals surface area contributed by atoms with Crippen LogP contribution in [0.1, 0.15) is 0 Å². The van der Waals surface area contributed by atoms with Gasteiger partial charge in [-0.3, -0.25) is 0 Å². The van der Waals surface area contributed by atoms with Crippen molar-refractivity contribution in [1.29, 1.82) is 0 Å². The molecule has 2 rings (SSSR count). The summed E-state index contributed by atoms with van der Waals surface area (Å²) in [4.78, 5) is 0. The third-order valence-corrected chi connectivity index (χ3v) is 2.29. The molecule has 0 radical (unpaired) electrons. The van der Waals surface area contributed by atoms with E-state index in [0.29, 0.717) is 5.69 Å². The third kappa shape index (κ3) is 2.48. The summed E-state index contributed by atoms with van der Waals surface area (Å²) >= 11 is 5.58. The fourth-order valence-corrected chi connectivity index (χ4v) is 1.38. The molecule has 15 heavy (non-hydrogen) atoms. The number of hydrogen-bond acceptors (Lipinski definition) is 1. The molecule has 0 aromatic heterocycles. The highest BCUT2D eigenvalue weighted by molar-refractivity contribution is 6.30. The molecule has 3 heteroatoms. The first-order chi connectivity index (χ1) is 7.25. The first kappa shape index (κ1) is 9.99. The minimum Gasteiger partial charge on any atom is -0.355 e. The molecule has 0 spiro atoms. The van der Waals surface area contributed by atoms with E-state index in [1.54, 1.807) is 6.07 Å². The van der Waals surface area contributed by atoms with Crippen LogP contribution in [0.3, 0.4) is 0 Å². The van der Waals surface area contributed by atoms with Gasteiger partial charge in [-0.2, -0.15) is 0 Å². The molecule has 0 heterocycles. The first-order valence-electron chi connectivity index (χ1n) is 4.53. The molecule has 0 amide bonds. The molecule has 0 unspecified atom stereocenters.